The third-order valence-corrected chi connectivity index (χ3v) is 4.60. The second kappa shape index (κ2) is 6.00. The molecule has 0 bridgehead atoms. The van der Waals surface area contributed by atoms with Crippen LogP contribution in [0.2, 0.25) is 0 Å². The molecule has 0 aliphatic carbocycles. The van der Waals surface area contributed by atoms with Crippen molar-refractivity contribution < 1.29 is 14.7 Å². The lowest BCUT2D eigenvalue weighted by Crippen LogP contribution is -2.37. The molecule has 6 nitrogen and oxygen atoms in total. The van der Waals surface area contributed by atoms with Crippen LogP contribution in [0.25, 0.3) is 5.52 Å². The number of imidazole rings is 1. The van der Waals surface area contributed by atoms with Crippen molar-refractivity contribution in [2.24, 2.45) is 0 Å². The van der Waals surface area contributed by atoms with Crippen LogP contribution in [0.15, 0.2) is 29.6 Å². The lowest BCUT2D eigenvalue weighted by Gasteiger charge is -2.22. The first-order chi connectivity index (χ1) is 10.6. The summed E-state index contributed by atoms with van der Waals surface area (Å²) in [4.78, 5) is 29.9. The maximum atomic E-state index is 12.8. The smallest absolute Gasteiger partial charge is 0.305 e. The van der Waals surface area contributed by atoms with Crippen LogP contribution in [0.3, 0.4) is 0 Å². The number of carbonyl (C=O) groups is 2. The summed E-state index contributed by atoms with van der Waals surface area (Å²) in [6.07, 6.45) is 5.36. The van der Waals surface area contributed by atoms with Crippen molar-refractivity contribution in [3.63, 3.8) is 0 Å². The predicted molar refractivity (Wildman–Crippen MR) is 83.3 cm³/mol. The molecule has 0 saturated carbocycles. The normalized spacial score (nSPS) is 18.0. The summed E-state index contributed by atoms with van der Waals surface area (Å²) in [5, 5.41) is 9.75. The van der Waals surface area contributed by atoms with Gasteiger partial charge in [-0.2, -0.15) is 0 Å². The fraction of sp³-hybridized carbons (Fsp3) is 0.400. The van der Waals surface area contributed by atoms with Gasteiger partial charge >= 0.3 is 5.97 Å². The molecule has 7 heteroatoms. The first kappa shape index (κ1) is 14.9. The van der Waals surface area contributed by atoms with E-state index in [1.54, 1.807) is 4.90 Å². The molecule has 1 fully saturated rings. The van der Waals surface area contributed by atoms with Crippen LogP contribution in [-0.4, -0.2) is 50.1 Å². The topological polar surface area (TPSA) is 74.9 Å². The molecule has 0 aromatic carbocycles. The number of aliphatic carboxylic acids is 1. The summed E-state index contributed by atoms with van der Waals surface area (Å²) in [6, 6.07) is 5.40. The average Bonchev–Trinajstić information content (AvgIpc) is 3.10. The highest BCUT2D eigenvalue weighted by atomic mass is 32.2. The number of likely N-dealkylation sites (tertiary alicyclic amines) is 1. The number of carboxylic acids is 1. The minimum atomic E-state index is -0.871. The number of carboxylic acid groups (broad SMARTS) is 1. The lowest BCUT2D eigenvalue weighted by atomic mass is 10.1. The number of aromatic nitrogens is 2. The van der Waals surface area contributed by atoms with Gasteiger partial charge in [0, 0.05) is 18.8 Å². The number of pyridine rings is 1. The van der Waals surface area contributed by atoms with E-state index in [4.69, 9.17) is 5.11 Å². The number of rotatable bonds is 4. The van der Waals surface area contributed by atoms with Gasteiger partial charge in [0.15, 0.2) is 10.9 Å². The van der Waals surface area contributed by atoms with Crippen LogP contribution in [-0.2, 0) is 4.79 Å². The Labute approximate surface area is 132 Å². The van der Waals surface area contributed by atoms with Crippen molar-refractivity contribution in [3.8, 4) is 0 Å². The van der Waals surface area contributed by atoms with E-state index in [0.29, 0.717) is 12.2 Å². The molecule has 0 spiro atoms. The highest BCUT2D eigenvalue weighted by Gasteiger charge is 2.33. The molecule has 2 aromatic rings. The summed E-state index contributed by atoms with van der Waals surface area (Å²) < 4.78 is 1.89. The summed E-state index contributed by atoms with van der Waals surface area (Å²) in [5.41, 5.74) is 1.17. The van der Waals surface area contributed by atoms with E-state index in [1.165, 1.54) is 11.8 Å². The number of thioether (sulfide) groups is 1. The number of fused-ring (bicyclic) bond motifs is 1. The van der Waals surface area contributed by atoms with E-state index in [0.717, 1.165) is 23.5 Å². The predicted octanol–water partition coefficient (Wildman–Crippen LogP) is 2.14. The second-order valence-corrected chi connectivity index (χ2v) is 6.07. The van der Waals surface area contributed by atoms with Gasteiger partial charge in [0.05, 0.1) is 11.9 Å². The molecule has 1 N–H and O–H groups in total. The van der Waals surface area contributed by atoms with E-state index in [-0.39, 0.29) is 18.4 Å². The maximum Gasteiger partial charge on any atom is 0.305 e. The SMILES string of the molecule is CSc1nc(C(=O)N2CCCC2CC(=O)O)c2ccccn12. The van der Waals surface area contributed by atoms with Crippen molar-refractivity contribution in [1.29, 1.82) is 0 Å². The summed E-state index contributed by atoms with van der Waals surface area (Å²) in [6.45, 7) is 0.594. The van der Waals surface area contributed by atoms with Crippen LogP contribution in [0.1, 0.15) is 29.8 Å². The Hall–Kier alpha value is -2.02. The molecule has 116 valence electrons. The molecule has 1 amide bonds. The Morgan fingerprint density at radius 1 is 1.45 bits per heavy atom. The number of nitrogens with zero attached hydrogens (tertiary/aromatic N) is 3. The van der Waals surface area contributed by atoms with Crippen molar-refractivity contribution in [1.82, 2.24) is 14.3 Å². The molecular weight excluding hydrogens is 302 g/mol. The zero-order valence-corrected chi connectivity index (χ0v) is 13.0. The van der Waals surface area contributed by atoms with Gasteiger partial charge < -0.3 is 10.0 Å². The highest BCUT2D eigenvalue weighted by molar-refractivity contribution is 7.98. The molecule has 1 atom stereocenters. The van der Waals surface area contributed by atoms with E-state index in [1.807, 2.05) is 35.1 Å². The van der Waals surface area contributed by atoms with Crippen molar-refractivity contribution in [2.45, 2.75) is 30.5 Å². The third kappa shape index (κ3) is 2.56. The van der Waals surface area contributed by atoms with Crippen molar-refractivity contribution in [3.05, 3.63) is 30.1 Å². The number of hydrogen-bond donors (Lipinski definition) is 1. The van der Waals surface area contributed by atoms with Gasteiger partial charge in [-0.25, -0.2) is 4.98 Å². The number of hydrogen-bond acceptors (Lipinski definition) is 4. The fourth-order valence-corrected chi connectivity index (χ4v) is 3.50. The Balaban J connectivity index is 1.97. The van der Waals surface area contributed by atoms with E-state index >= 15 is 0 Å². The van der Waals surface area contributed by atoms with Crippen molar-refractivity contribution >= 4 is 29.2 Å². The molecule has 3 heterocycles. The molecule has 3 rings (SSSR count). The van der Waals surface area contributed by atoms with Gasteiger partial charge in [0.25, 0.3) is 5.91 Å². The lowest BCUT2D eigenvalue weighted by molar-refractivity contribution is -0.137. The summed E-state index contributed by atoms with van der Waals surface area (Å²) >= 11 is 1.48. The first-order valence-corrected chi connectivity index (χ1v) is 8.38. The minimum Gasteiger partial charge on any atom is -0.481 e. The van der Waals surface area contributed by atoms with Crippen LogP contribution in [0, 0.1) is 0 Å². The van der Waals surface area contributed by atoms with Gasteiger partial charge in [-0.05, 0) is 31.2 Å². The quantitative estimate of drug-likeness (QED) is 0.874. The second-order valence-electron chi connectivity index (χ2n) is 5.30. The third-order valence-electron chi connectivity index (χ3n) is 3.95. The largest absolute Gasteiger partial charge is 0.481 e. The molecule has 22 heavy (non-hydrogen) atoms. The highest BCUT2D eigenvalue weighted by Crippen LogP contribution is 2.26. The molecule has 0 radical (unpaired) electrons. The standard InChI is InChI=1S/C15H17N3O3S/c1-22-15-16-13(11-6-2-3-7-18(11)15)14(21)17-8-4-5-10(17)9-12(19)20/h2-3,6-7,10H,4-5,8-9H2,1H3,(H,19,20). The van der Waals surface area contributed by atoms with Gasteiger partial charge in [-0.15, -0.1) is 0 Å². The molecule has 2 aromatic heterocycles. The zero-order chi connectivity index (χ0) is 15.7. The Morgan fingerprint density at radius 2 is 2.27 bits per heavy atom. The summed E-state index contributed by atoms with van der Waals surface area (Å²) in [5.74, 6) is -1.04. The summed E-state index contributed by atoms with van der Waals surface area (Å²) in [7, 11) is 0. The molecule has 1 aliphatic rings. The zero-order valence-electron chi connectivity index (χ0n) is 12.2. The average molecular weight is 319 g/mol. The van der Waals surface area contributed by atoms with E-state index in [9.17, 15) is 9.59 Å². The Morgan fingerprint density at radius 3 is 3.00 bits per heavy atom. The van der Waals surface area contributed by atoms with Crippen molar-refractivity contribution in [2.75, 3.05) is 12.8 Å². The Bertz CT molecular complexity index is 728. The van der Waals surface area contributed by atoms with E-state index < -0.39 is 5.97 Å². The van der Waals surface area contributed by atoms with Gasteiger partial charge in [0.1, 0.15) is 0 Å². The molecule has 1 saturated heterocycles. The number of amides is 1. The molecular formula is C15H17N3O3S. The molecule has 1 aliphatic heterocycles. The monoisotopic (exact) mass is 319 g/mol. The van der Waals surface area contributed by atoms with Crippen LogP contribution < -0.4 is 0 Å². The van der Waals surface area contributed by atoms with E-state index in [2.05, 4.69) is 4.98 Å². The van der Waals surface area contributed by atoms with Gasteiger partial charge in [0.2, 0.25) is 0 Å². The Kier molecular flexibility index (Phi) is 4.06. The fourth-order valence-electron chi connectivity index (χ4n) is 2.96. The first-order valence-electron chi connectivity index (χ1n) is 7.15. The molecule has 1 unspecified atom stereocenters. The minimum absolute atomic E-state index is 0.00703. The number of carbonyl (C=O) groups excluding carboxylic acids is 1. The van der Waals surface area contributed by atoms with Gasteiger partial charge in [-0.3, -0.25) is 14.0 Å². The van der Waals surface area contributed by atoms with Crippen LogP contribution in [0.5, 0.6) is 0 Å². The van der Waals surface area contributed by atoms with Crippen LogP contribution in [0.4, 0.5) is 0 Å². The maximum absolute atomic E-state index is 12.8. The van der Waals surface area contributed by atoms with Gasteiger partial charge in [-0.1, -0.05) is 17.8 Å². The van der Waals surface area contributed by atoms with Crippen LogP contribution >= 0.6 is 11.8 Å².